The number of nitrogens with zero attached hydrogens (tertiary/aromatic N) is 2. The van der Waals surface area contributed by atoms with Crippen molar-refractivity contribution in [2.24, 2.45) is 0 Å². The Bertz CT molecular complexity index is 893. The zero-order valence-corrected chi connectivity index (χ0v) is 18.4. The number of carbonyl (C=O) groups is 2. The molecule has 0 amide bonds. The molecule has 7 nitrogen and oxygen atoms in total. The first kappa shape index (κ1) is 24.0. The highest BCUT2D eigenvalue weighted by molar-refractivity contribution is 7.99. The van der Waals surface area contributed by atoms with Gasteiger partial charge in [-0.15, -0.1) is 0 Å². The second-order valence-electron chi connectivity index (χ2n) is 6.94. The van der Waals surface area contributed by atoms with E-state index in [1.807, 2.05) is 17.8 Å². The Balaban J connectivity index is 0.000000303. The van der Waals surface area contributed by atoms with Crippen molar-refractivity contribution in [3.63, 3.8) is 0 Å². The van der Waals surface area contributed by atoms with Gasteiger partial charge in [0.05, 0.1) is 17.8 Å². The Labute approximate surface area is 184 Å². The van der Waals surface area contributed by atoms with E-state index in [4.69, 9.17) is 26.9 Å². The molecule has 2 aromatic carbocycles. The maximum atomic E-state index is 9.72. The van der Waals surface area contributed by atoms with Crippen LogP contribution in [-0.2, 0) is 9.59 Å². The molecular weight excluding hydrogens is 428 g/mol. The van der Waals surface area contributed by atoms with Crippen LogP contribution in [0.5, 0.6) is 0 Å². The van der Waals surface area contributed by atoms with Gasteiger partial charge < -0.3 is 25.1 Å². The molecule has 0 fully saturated rings. The third-order valence-corrected chi connectivity index (χ3v) is 5.59. The second-order valence-corrected chi connectivity index (χ2v) is 8.46. The number of aliphatic hydroxyl groups excluding tert-OH is 1. The molecule has 30 heavy (non-hydrogen) atoms. The molecule has 3 N–H and O–H groups in total. The predicted molar refractivity (Wildman–Crippen MR) is 118 cm³/mol. The molecule has 162 valence electrons. The van der Waals surface area contributed by atoms with E-state index in [0.29, 0.717) is 0 Å². The van der Waals surface area contributed by atoms with Crippen molar-refractivity contribution >= 4 is 46.7 Å². The largest absolute Gasteiger partial charge is 0.481 e. The molecule has 1 heterocycles. The third kappa shape index (κ3) is 6.91. The van der Waals surface area contributed by atoms with Gasteiger partial charge in [0.25, 0.3) is 0 Å². The summed E-state index contributed by atoms with van der Waals surface area (Å²) in [6.07, 6.45) is -1.42. The molecule has 1 aliphatic rings. The summed E-state index contributed by atoms with van der Waals surface area (Å²) < 4.78 is 0. The first-order valence-corrected chi connectivity index (χ1v) is 10.5. The van der Waals surface area contributed by atoms with Crippen LogP contribution in [0.25, 0.3) is 0 Å². The van der Waals surface area contributed by atoms with Gasteiger partial charge in [0.15, 0.2) is 6.10 Å². The Morgan fingerprint density at radius 3 is 2.37 bits per heavy atom. The van der Waals surface area contributed by atoms with E-state index in [-0.39, 0.29) is 0 Å². The minimum absolute atomic E-state index is 0.755. The van der Waals surface area contributed by atoms with Crippen molar-refractivity contribution < 1.29 is 24.9 Å². The molecule has 0 saturated carbocycles. The summed E-state index contributed by atoms with van der Waals surface area (Å²) in [6, 6.07) is 14.8. The van der Waals surface area contributed by atoms with Gasteiger partial charge in [-0.1, -0.05) is 35.5 Å². The Morgan fingerprint density at radius 1 is 1.10 bits per heavy atom. The van der Waals surface area contributed by atoms with Crippen molar-refractivity contribution in [2.45, 2.75) is 28.7 Å². The Morgan fingerprint density at radius 2 is 1.77 bits per heavy atom. The van der Waals surface area contributed by atoms with Crippen LogP contribution < -0.4 is 4.90 Å². The van der Waals surface area contributed by atoms with E-state index in [9.17, 15) is 9.59 Å². The lowest BCUT2D eigenvalue weighted by molar-refractivity contribution is -0.152. The summed E-state index contributed by atoms with van der Waals surface area (Å²) >= 11 is 8.03. The lowest BCUT2D eigenvalue weighted by Crippen LogP contribution is -2.25. The lowest BCUT2D eigenvalue weighted by Gasteiger charge is -2.33. The van der Waals surface area contributed by atoms with Gasteiger partial charge in [-0.3, -0.25) is 4.79 Å². The number of para-hydroxylation sites is 1. The highest BCUT2D eigenvalue weighted by Crippen LogP contribution is 2.48. The van der Waals surface area contributed by atoms with Crippen molar-refractivity contribution in [2.75, 3.05) is 32.1 Å². The summed E-state index contributed by atoms with van der Waals surface area (Å²) in [5.74, 6) is -2.85. The molecule has 1 unspecified atom stereocenters. The van der Waals surface area contributed by atoms with Gasteiger partial charge in [0.1, 0.15) is 0 Å². The fourth-order valence-electron chi connectivity index (χ4n) is 2.84. The van der Waals surface area contributed by atoms with Crippen molar-refractivity contribution in [1.29, 1.82) is 0 Å². The van der Waals surface area contributed by atoms with E-state index in [1.54, 1.807) is 0 Å². The monoisotopic (exact) mass is 452 g/mol. The molecule has 2 aromatic rings. The molecule has 0 saturated heterocycles. The van der Waals surface area contributed by atoms with Crippen LogP contribution >= 0.6 is 23.4 Å². The van der Waals surface area contributed by atoms with Gasteiger partial charge >= 0.3 is 11.9 Å². The summed E-state index contributed by atoms with van der Waals surface area (Å²) in [5.41, 5.74) is 2.51. The van der Waals surface area contributed by atoms with Crippen LogP contribution in [0.4, 0.5) is 11.4 Å². The average molecular weight is 453 g/mol. The number of fused-ring (bicyclic) bond motifs is 2. The average Bonchev–Trinajstić information content (AvgIpc) is 2.67. The van der Waals surface area contributed by atoms with E-state index in [0.717, 1.165) is 24.5 Å². The highest BCUT2D eigenvalue weighted by atomic mass is 35.5. The zero-order chi connectivity index (χ0) is 22.3. The molecule has 1 aliphatic heterocycles. The molecule has 9 heteroatoms. The summed E-state index contributed by atoms with van der Waals surface area (Å²) in [5, 5.41) is 24.9. The predicted octanol–water partition coefficient (Wildman–Crippen LogP) is 3.80. The third-order valence-electron chi connectivity index (χ3n) is 4.23. The van der Waals surface area contributed by atoms with Crippen LogP contribution in [0.3, 0.4) is 0 Å². The van der Waals surface area contributed by atoms with E-state index in [1.165, 1.54) is 21.2 Å². The standard InChI is InChI=1S/C17H19ClN2S.C4H6O5/c1-19(2)10-5-11-20-14-6-3-4-7-16(14)21-17-9-8-13(18)12-15(17)20;5-2(4(8)9)1-3(6)7/h3-4,6-9,12H,5,10-11H2,1-2H3;2,5H,1H2,(H,6,7)(H,8,9). The van der Waals surface area contributed by atoms with Gasteiger partial charge in [0.2, 0.25) is 0 Å². The number of benzene rings is 2. The molecule has 0 aliphatic carbocycles. The minimum Gasteiger partial charge on any atom is -0.481 e. The first-order valence-electron chi connectivity index (χ1n) is 9.30. The number of hydrogen-bond donors (Lipinski definition) is 3. The maximum Gasteiger partial charge on any atom is 0.333 e. The van der Waals surface area contributed by atoms with Crippen LogP contribution in [0.2, 0.25) is 5.02 Å². The van der Waals surface area contributed by atoms with Crippen LogP contribution in [0.1, 0.15) is 12.8 Å². The fraction of sp³-hybridized carbons (Fsp3) is 0.333. The number of carboxylic acid groups (broad SMARTS) is 2. The number of rotatable bonds is 7. The molecular formula is C21H25ClN2O5S. The molecule has 1 atom stereocenters. The van der Waals surface area contributed by atoms with E-state index >= 15 is 0 Å². The molecule has 3 rings (SSSR count). The smallest absolute Gasteiger partial charge is 0.333 e. The van der Waals surface area contributed by atoms with Crippen molar-refractivity contribution in [3.05, 3.63) is 47.5 Å². The maximum absolute atomic E-state index is 9.72. The molecule has 0 bridgehead atoms. The Hall–Kier alpha value is -2.26. The molecule has 0 aromatic heterocycles. The lowest BCUT2D eigenvalue weighted by atomic mass is 10.2. The summed E-state index contributed by atoms with van der Waals surface area (Å²) in [7, 11) is 4.23. The van der Waals surface area contributed by atoms with E-state index in [2.05, 4.69) is 60.3 Å². The highest BCUT2D eigenvalue weighted by Gasteiger charge is 2.23. The van der Waals surface area contributed by atoms with Gasteiger partial charge in [-0.2, -0.15) is 0 Å². The zero-order valence-electron chi connectivity index (χ0n) is 16.8. The number of aliphatic hydroxyl groups is 1. The number of aliphatic carboxylic acids is 2. The normalized spacial score (nSPS) is 13.0. The summed E-state index contributed by atoms with van der Waals surface area (Å²) in [4.78, 5) is 26.6. The first-order chi connectivity index (χ1) is 14.2. The number of halogens is 1. The van der Waals surface area contributed by atoms with Crippen LogP contribution in [0.15, 0.2) is 52.3 Å². The van der Waals surface area contributed by atoms with Crippen molar-refractivity contribution in [1.82, 2.24) is 4.90 Å². The van der Waals surface area contributed by atoms with Crippen LogP contribution in [0, 0.1) is 0 Å². The quantitative estimate of drug-likeness (QED) is 0.583. The van der Waals surface area contributed by atoms with Gasteiger partial charge in [-0.05, 0) is 57.4 Å². The number of carboxylic acids is 2. The second kappa shape index (κ2) is 11.2. The molecule has 0 spiro atoms. The molecule has 0 radical (unpaired) electrons. The summed E-state index contributed by atoms with van der Waals surface area (Å²) in [6.45, 7) is 2.09. The van der Waals surface area contributed by atoms with Gasteiger partial charge in [0, 0.05) is 21.4 Å². The van der Waals surface area contributed by atoms with Gasteiger partial charge in [-0.25, -0.2) is 4.79 Å². The van der Waals surface area contributed by atoms with Crippen LogP contribution in [-0.4, -0.2) is 65.4 Å². The number of anilines is 2. The topological polar surface area (TPSA) is 101 Å². The van der Waals surface area contributed by atoms with E-state index < -0.39 is 24.5 Å². The minimum atomic E-state index is -1.79. The number of hydrogen-bond acceptors (Lipinski definition) is 6. The van der Waals surface area contributed by atoms with Crippen molar-refractivity contribution in [3.8, 4) is 0 Å². The SMILES string of the molecule is CN(C)CCCN1c2ccccc2Sc2ccc(Cl)cc21.O=C(O)CC(O)C(=O)O. The fourth-order valence-corrected chi connectivity index (χ4v) is 4.08. The Kier molecular flexibility index (Phi) is 8.98.